The molecule has 0 aromatic heterocycles. The minimum atomic E-state index is 0.268. The minimum absolute atomic E-state index is 0.268. The molecule has 1 heteroatoms. The third-order valence-corrected chi connectivity index (χ3v) is 2.68. The fourth-order valence-corrected chi connectivity index (χ4v) is 2.10. The fraction of sp³-hybridized carbons (Fsp3) is 0.455. The molecule has 1 aromatic carbocycles. The van der Waals surface area contributed by atoms with Crippen molar-refractivity contribution in [2.75, 3.05) is 0 Å². The molecule has 0 fully saturated rings. The van der Waals surface area contributed by atoms with E-state index in [4.69, 9.17) is 5.73 Å². The second kappa shape index (κ2) is 2.91. The Morgan fingerprint density at radius 1 is 1.33 bits per heavy atom. The number of benzene rings is 1. The topological polar surface area (TPSA) is 26.0 Å². The smallest absolute Gasteiger partial charge is 0.0300 e. The number of rotatable bonds is 0. The Morgan fingerprint density at radius 3 is 2.92 bits per heavy atom. The quantitative estimate of drug-likeness (QED) is 0.620. The molecule has 64 valence electrons. The molecule has 0 heterocycles. The lowest BCUT2D eigenvalue weighted by atomic mass is 9.82. The molecule has 1 nitrogen and oxygen atoms in total. The van der Waals surface area contributed by atoms with Gasteiger partial charge in [-0.3, -0.25) is 0 Å². The van der Waals surface area contributed by atoms with E-state index in [1.54, 1.807) is 0 Å². The van der Waals surface area contributed by atoms with Crippen molar-refractivity contribution in [2.45, 2.75) is 25.8 Å². The normalized spacial score (nSPS) is 28.2. The molecular formula is C11H15N. The summed E-state index contributed by atoms with van der Waals surface area (Å²) in [5.74, 6) is 0.745. The summed E-state index contributed by atoms with van der Waals surface area (Å²) in [6.45, 7) is 2.27. The molecule has 2 atom stereocenters. The van der Waals surface area contributed by atoms with Crippen LogP contribution in [0.3, 0.4) is 0 Å². The van der Waals surface area contributed by atoms with Gasteiger partial charge in [0, 0.05) is 6.04 Å². The van der Waals surface area contributed by atoms with Gasteiger partial charge < -0.3 is 5.73 Å². The van der Waals surface area contributed by atoms with Crippen LogP contribution in [0, 0.1) is 5.92 Å². The number of hydrogen-bond acceptors (Lipinski definition) is 1. The summed E-state index contributed by atoms with van der Waals surface area (Å²) in [6.07, 6.45) is 2.33. The standard InChI is InChI=1S/C11H15N/c1-8-6-9-4-2-3-5-10(9)11(12)7-8/h2-5,8,11H,6-7,12H2,1H3/t8-,11-/m1/s1. The van der Waals surface area contributed by atoms with Gasteiger partial charge >= 0.3 is 0 Å². The van der Waals surface area contributed by atoms with Crippen molar-refractivity contribution in [1.29, 1.82) is 0 Å². The van der Waals surface area contributed by atoms with Gasteiger partial charge in [0.25, 0.3) is 0 Å². The van der Waals surface area contributed by atoms with Gasteiger partial charge in [0.05, 0.1) is 0 Å². The molecule has 0 saturated heterocycles. The first-order valence-corrected chi connectivity index (χ1v) is 4.61. The third kappa shape index (κ3) is 1.25. The Labute approximate surface area is 73.6 Å². The summed E-state index contributed by atoms with van der Waals surface area (Å²) >= 11 is 0. The van der Waals surface area contributed by atoms with E-state index in [1.165, 1.54) is 17.5 Å². The van der Waals surface area contributed by atoms with Gasteiger partial charge in [-0.15, -0.1) is 0 Å². The zero-order chi connectivity index (χ0) is 8.55. The van der Waals surface area contributed by atoms with Crippen LogP contribution in [0.15, 0.2) is 24.3 Å². The van der Waals surface area contributed by atoms with Crippen molar-refractivity contribution in [3.05, 3.63) is 35.4 Å². The van der Waals surface area contributed by atoms with Gasteiger partial charge in [-0.2, -0.15) is 0 Å². The second-order valence-corrected chi connectivity index (χ2v) is 3.85. The van der Waals surface area contributed by atoms with E-state index in [1.807, 2.05) is 0 Å². The summed E-state index contributed by atoms with van der Waals surface area (Å²) in [4.78, 5) is 0. The van der Waals surface area contributed by atoms with Crippen molar-refractivity contribution < 1.29 is 0 Å². The van der Waals surface area contributed by atoms with Crippen LogP contribution in [-0.2, 0) is 6.42 Å². The van der Waals surface area contributed by atoms with E-state index < -0.39 is 0 Å². The molecule has 0 bridgehead atoms. The first kappa shape index (κ1) is 7.81. The van der Waals surface area contributed by atoms with Crippen molar-refractivity contribution >= 4 is 0 Å². The fourth-order valence-electron chi connectivity index (χ4n) is 2.10. The van der Waals surface area contributed by atoms with Crippen molar-refractivity contribution in [3.63, 3.8) is 0 Å². The maximum absolute atomic E-state index is 6.04. The molecule has 0 spiro atoms. The van der Waals surface area contributed by atoms with E-state index >= 15 is 0 Å². The minimum Gasteiger partial charge on any atom is -0.324 e. The third-order valence-electron chi connectivity index (χ3n) is 2.68. The van der Waals surface area contributed by atoms with E-state index in [9.17, 15) is 0 Å². The number of hydrogen-bond donors (Lipinski definition) is 1. The molecule has 12 heavy (non-hydrogen) atoms. The van der Waals surface area contributed by atoms with Crippen LogP contribution >= 0.6 is 0 Å². The summed E-state index contributed by atoms with van der Waals surface area (Å²) in [6, 6.07) is 8.81. The first-order valence-electron chi connectivity index (χ1n) is 4.61. The Morgan fingerprint density at radius 2 is 2.08 bits per heavy atom. The predicted octanol–water partition coefficient (Wildman–Crippen LogP) is 2.27. The average molecular weight is 161 g/mol. The van der Waals surface area contributed by atoms with Gasteiger partial charge in [0.2, 0.25) is 0 Å². The van der Waals surface area contributed by atoms with Gasteiger partial charge in [-0.25, -0.2) is 0 Å². The molecule has 1 aromatic rings. The summed E-state index contributed by atoms with van der Waals surface area (Å²) in [5, 5.41) is 0. The Bertz CT molecular complexity index is 280. The second-order valence-electron chi connectivity index (χ2n) is 3.85. The predicted molar refractivity (Wildman–Crippen MR) is 50.9 cm³/mol. The molecule has 0 aliphatic heterocycles. The van der Waals surface area contributed by atoms with Crippen LogP contribution in [0.5, 0.6) is 0 Å². The molecule has 2 N–H and O–H groups in total. The van der Waals surface area contributed by atoms with Crippen LogP contribution in [0.1, 0.15) is 30.5 Å². The van der Waals surface area contributed by atoms with Crippen LogP contribution in [0.25, 0.3) is 0 Å². The monoisotopic (exact) mass is 161 g/mol. The van der Waals surface area contributed by atoms with Crippen molar-refractivity contribution in [1.82, 2.24) is 0 Å². The number of fused-ring (bicyclic) bond motifs is 1. The van der Waals surface area contributed by atoms with Gasteiger partial charge in [-0.1, -0.05) is 31.2 Å². The first-order chi connectivity index (χ1) is 5.77. The molecule has 2 rings (SSSR count). The lowest BCUT2D eigenvalue weighted by Crippen LogP contribution is -2.22. The highest BCUT2D eigenvalue weighted by molar-refractivity contribution is 5.32. The summed E-state index contributed by atoms with van der Waals surface area (Å²) in [7, 11) is 0. The lowest BCUT2D eigenvalue weighted by molar-refractivity contribution is 0.439. The maximum Gasteiger partial charge on any atom is 0.0300 e. The van der Waals surface area contributed by atoms with Gasteiger partial charge in [0.1, 0.15) is 0 Å². The zero-order valence-corrected chi connectivity index (χ0v) is 7.46. The Balaban J connectivity index is 2.40. The summed E-state index contributed by atoms with van der Waals surface area (Å²) in [5.41, 5.74) is 8.84. The molecule has 0 radical (unpaired) electrons. The molecule has 0 unspecified atom stereocenters. The SMILES string of the molecule is C[C@@H]1Cc2ccccc2[C@H](N)C1. The van der Waals surface area contributed by atoms with Crippen molar-refractivity contribution in [2.24, 2.45) is 11.7 Å². The molecule has 0 saturated carbocycles. The van der Waals surface area contributed by atoms with Crippen LogP contribution in [0.2, 0.25) is 0 Å². The van der Waals surface area contributed by atoms with Crippen LogP contribution < -0.4 is 5.73 Å². The highest BCUT2D eigenvalue weighted by Gasteiger charge is 2.20. The molecule has 1 aliphatic carbocycles. The highest BCUT2D eigenvalue weighted by atomic mass is 14.6. The van der Waals surface area contributed by atoms with Gasteiger partial charge in [-0.05, 0) is 29.9 Å². The average Bonchev–Trinajstić information content (AvgIpc) is 2.04. The van der Waals surface area contributed by atoms with E-state index in [0.717, 1.165) is 12.3 Å². The van der Waals surface area contributed by atoms with E-state index in [2.05, 4.69) is 31.2 Å². The van der Waals surface area contributed by atoms with E-state index in [-0.39, 0.29) is 6.04 Å². The highest BCUT2D eigenvalue weighted by Crippen LogP contribution is 2.30. The Kier molecular flexibility index (Phi) is 1.89. The largest absolute Gasteiger partial charge is 0.324 e. The molecular weight excluding hydrogens is 146 g/mol. The lowest BCUT2D eigenvalue weighted by Gasteiger charge is -2.26. The molecule has 1 aliphatic rings. The summed E-state index contributed by atoms with van der Waals surface area (Å²) < 4.78 is 0. The Hall–Kier alpha value is -0.820. The van der Waals surface area contributed by atoms with Crippen LogP contribution in [-0.4, -0.2) is 0 Å². The van der Waals surface area contributed by atoms with Crippen molar-refractivity contribution in [3.8, 4) is 0 Å². The zero-order valence-electron chi connectivity index (χ0n) is 7.46. The number of nitrogens with two attached hydrogens (primary N) is 1. The van der Waals surface area contributed by atoms with Gasteiger partial charge in [0.15, 0.2) is 0 Å². The molecule has 0 amide bonds. The van der Waals surface area contributed by atoms with E-state index in [0.29, 0.717) is 0 Å². The van der Waals surface area contributed by atoms with Crippen LogP contribution in [0.4, 0.5) is 0 Å². The maximum atomic E-state index is 6.04.